The number of nitro benzene ring substituents is 1. The summed E-state index contributed by atoms with van der Waals surface area (Å²) in [6.07, 6.45) is 7.65. The summed E-state index contributed by atoms with van der Waals surface area (Å²) < 4.78 is 22.8. The van der Waals surface area contributed by atoms with Crippen molar-refractivity contribution in [1.82, 2.24) is 0 Å². The molecular formula is C20H24N4O4S. The second kappa shape index (κ2) is 10.5. The molecule has 2 aromatic carbocycles. The number of nitro groups is 1. The lowest BCUT2D eigenvalue weighted by molar-refractivity contribution is -0.384. The molecule has 0 saturated carbocycles. The molecule has 2 rings (SSSR count). The van der Waals surface area contributed by atoms with Gasteiger partial charge in [-0.2, -0.15) is 5.10 Å². The number of anilines is 1. The number of hydrazone groups is 1. The Morgan fingerprint density at radius 1 is 1.21 bits per heavy atom. The molecule has 29 heavy (non-hydrogen) atoms. The molecule has 0 aliphatic heterocycles. The first-order valence-corrected chi connectivity index (χ1v) is 10.7. The maximum Gasteiger partial charge on any atom is 0.295 e. The Morgan fingerprint density at radius 2 is 1.93 bits per heavy atom. The molecule has 0 amide bonds. The molecule has 0 aliphatic carbocycles. The number of sulfonamides is 1. The Morgan fingerprint density at radius 3 is 2.55 bits per heavy atom. The molecule has 0 aromatic heterocycles. The number of rotatable bonds is 10. The minimum absolute atomic E-state index is 0.0752. The average Bonchev–Trinajstić information content (AvgIpc) is 2.68. The number of hydrogen-bond donors (Lipinski definition) is 2. The summed E-state index contributed by atoms with van der Waals surface area (Å²) >= 11 is 0. The van der Waals surface area contributed by atoms with E-state index in [9.17, 15) is 18.5 Å². The fourth-order valence-corrected chi connectivity index (χ4v) is 3.17. The Kier molecular flexibility index (Phi) is 8.05. The first-order chi connectivity index (χ1) is 13.8. The number of nitrogens with zero attached hydrogens (tertiary/aromatic N) is 2. The van der Waals surface area contributed by atoms with Gasteiger partial charge >= 0.3 is 0 Å². The van der Waals surface area contributed by atoms with Gasteiger partial charge in [0.25, 0.3) is 5.69 Å². The fraction of sp³-hybridized carbons (Fsp3) is 0.250. The van der Waals surface area contributed by atoms with Crippen molar-refractivity contribution in [2.45, 2.75) is 37.5 Å². The quantitative estimate of drug-likeness (QED) is 0.258. The molecule has 0 fully saturated rings. The van der Waals surface area contributed by atoms with Crippen molar-refractivity contribution in [1.29, 1.82) is 0 Å². The van der Waals surface area contributed by atoms with Crippen LogP contribution in [-0.4, -0.2) is 19.6 Å². The smallest absolute Gasteiger partial charge is 0.272 e. The summed E-state index contributed by atoms with van der Waals surface area (Å²) in [5.74, 6) is 0. The van der Waals surface area contributed by atoms with E-state index < -0.39 is 20.6 Å². The van der Waals surface area contributed by atoms with E-state index >= 15 is 0 Å². The summed E-state index contributed by atoms with van der Waals surface area (Å²) in [6.45, 7) is 2.13. The van der Waals surface area contributed by atoms with Crippen LogP contribution < -0.4 is 10.6 Å². The van der Waals surface area contributed by atoms with E-state index in [1.54, 1.807) is 6.21 Å². The van der Waals surface area contributed by atoms with Gasteiger partial charge in [0.15, 0.2) is 0 Å². The maximum absolute atomic E-state index is 11.4. The number of nitrogens with two attached hydrogens (primary N) is 1. The lowest BCUT2D eigenvalue weighted by Gasteiger charge is -2.05. The zero-order valence-electron chi connectivity index (χ0n) is 16.1. The van der Waals surface area contributed by atoms with Crippen LogP contribution >= 0.6 is 0 Å². The van der Waals surface area contributed by atoms with Crippen LogP contribution in [0.4, 0.5) is 11.4 Å². The van der Waals surface area contributed by atoms with Gasteiger partial charge in [-0.25, -0.2) is 13.6 Å². The van der Waals surface area contributed by atoms with Crippen molar-refractivity contribution < 1.29 is 13.3 Å². The molecule has 3 N–H and O–H groups in total. The van der Waals surface area contributed by atoms with Crippen molar-refractivity contribution in [2.75, 3.05) is 5.43 Å². The zero-order valence-corrected chi connectivity index (χ0v) is 16.9. The molecule has 0 aliphatic rings. The highest BCUT2D eigenvalue weighted by atomic mass is 32.2. The van der Waals surface area contributed by atoms with Crippen molar-refractivity contribution in [2.24, 2.45) is 10.2 Å². The molecule has 0 bridgehead atoms. The molecule has 0 radical (unpaired) electrons. The van der Waals surface area contributed by atoms with E-state index in [0.717, 1.165) is 42.9 Å². The maximum atomic E-state index is 11.4. The van der Waals surface area contributed by atoms with Gasteiger partial charge in [0, 0.05) is 6.07 Å². The van der Waals surface area contributed by atoms with Crippen LogP contribution in [0.15, 0.2) is 64.1 Å². The molecule has 0 unspecified atom stereocenters. The van der Waals surface area contributed by atoms with Crippen LogP contribution in [-0.2, 0) is 10.0 Å². The van der Waals surface area contributed by atoms with E-state index in [2.05, 4.69) is 17.5 Å². The fourth-order valence-electron chi connectivity index (χ4n) is 2.64. The van der Waals surface area contributed by atoms with E-state index in [-0.39, 0.29) is 10.6 Å². The largest absolute Gasteiger partial charge is 0.295 e. The van der Waals surface area contributed by atoms with Gasteiger partial charge in [-0.15, -0.1) is 0 Å². The van der Waals surface area contributed by atoms with Crippen molar-refractivity contribution in [3.05, 3.63) is 69.8 Å². The number of unbranched alkanes of at least 4 members (excludes halogenated alkanes) is 2. The molecule has 0 atom stereocenters. The van der Waals surface area contributed by atoms with Gasteiger partial charge in [0.05, 0.1) is 16.0 Å². The van der Waals surface area contributed by atoms with Crippen molar-refractivity contribution >= 4 is 33.7 Å². The molecule has 154 valence electrons. The minimum Gasteiger partial charge on any atom is -0.272 e. The number of hydrogen-bond acceptors (Lipinski definition) is 6. The highest BCUT2D eigenvalue weighted by molar-refractivity contribution is 7.89. The van der Waals surface area contributed by atoms with E-state index in [0.29, 0.717) is 0 Å². The second-order valence-electron chi connectivity index (χ2n) is 6.44. The molecule has 0 heterocycles. The Bertz CT molecular complexity index is 1000. The summed E-state index contributed by atoms with van der Waals surface area (Å²) in [5, 5.41) is 20.4. The third kappa shape index (κ3) is 7.13. The second-order valence-corrected chi connectivity index (χ2v) is 8.00. The Labute approximate surface area is 170 Å². The number of nitrogens with one attached hydrogen (secondary N) is 1. The number of benzene rings is 2. The number of primary sulfonamides is 1. The lowest BCUT2D eigenvalue weighted by atomic mass is 10.1. The van der Waals surface area contributed by atoms with E-state index in [1.165, 1.54) is 12.1 Å². The molecule has 8 nitrogen and oxygen atoms in total. The highest BCUT2D eigenvalue weighted by Crippen LogP contribution is 2.27. The first kappa shape index (κ1) is 22.3. The van der Waals surface area contributed by atoms with Gasteiger partial charge in [-0.3, -0.25) is 15.5 Å². The third-order valence-corrected chi connectivity index (χ3v) is 5.04. The molecule has 0 spiro atoms. The third-order valence-electron chi connectivity index (χ3n) is 4.13. The molecule has 2 aromatic rings. The zero-order chi connectivity index (χ0) is 21.3. The van der Waals surface area contributed by atoms with Crippen LogP contribution in [0, 0.1) is 10.1 Å². The Hall–Kier alpha value is -3.04. The average molecular weight is 417 g/mol. The predicted octanol–water partition coefficient (Wildman–Crippen LogP) is 4.30. The van der Waals surface area contributed by atoms with Crippen LogP contribution in [0.1, 0.15) is 38.2 Å². The highest BCUT2D eigenvalue weighted by Gasteiger charge is 2.18. The van der Waals surface area contributed by atoms with Gasteiger partial charge in [0.2, 0.25) is 10.0 Å². The topological polar surface area (TPSA) is 128 Å². The van der Waals surface area contributed by atoms with Crippen LogP contribution in [0.25, 0.3) is 6.08 Å². The van der Waals surface area contributed by atoms with Gasteiger partial charge in [-0.05, 0) is 36.1 Å². The summed E-state index contributed by atoms with van der Waals surface area (Å²) in [6, 6.07) is 13.2. The molecule has 0 saturated heterocycles. The van der Waals surface area contributed by atoms with Crippen LogP contribution in [0.2, 0.25) is 0 Å². The van der Waals surface area contributed by atoms with Crippen molar-refractivity contribution in [3.8, 4) is 0 Å². The molecule has 9 heteroatoms. The van der Waals surface area contributed by atoms with E-state index in [4.69, 9.17) is 5.14 Å². The SMILES string of the molecule is CCCCCC(/C=N\Nc1ccc(S(N)(=O)=O)cc1[N+](=O)[O-])=C\c1ccccc1. The minimum atomic E-state index is -4.04. The Balaban J connectivity index is 2.23. The standard InChI is InChI=1S/C20H24N4O4S/c1-2-3-5-10-17(13-16-8-6-4-7-9-16)15-22-23-19-12-11-18(29(21,27)28)14-20(19)24(25)26/h4,6-9,11-15,23H,2-3,5,10H2,1H3,(H2,21,27,28)/b17-13+,22-15-. The van der Waals surface area contributed by atoms with Crippen LogP contribution in [0.5, 0.6) is 0 Å². The summed E-state index contributed by atoms with van der Waals surface area (Å²) in [4.78, 5) is 10.3. The van der Waals surface area contributed by atoms with Gasteiger partial charge < -0.3 is 0 Å². The normalized spacial score (nSPS) is 12.3. The van der Waals surface area contributed by atoms with Gasteiger partial charge in [0.1, 0.15) is 5.69 Å². The first-order valence-electron chi connectivity index (χ1n) is 9.17. The lowest BCUT2D eigenvalue weighted by Crippen LogP contribution is -2.12. The van der Waals surface area contributed by atoms with E-state index in [1.807, 2.05) is 36.4 Å². The number of allylic oxidation sites excluding steroid dienone is 1. The summed E-state index contributed by atoms with van der Waals surface area (Å²) in [5.41, 5.74) is 4.29. The molecular weight excluding hydrogens is 392 g/mol. The summed E-state index contributed by atoms with van der Waals surface area (Å²) in [7, 11) is -4.04. The van der Waals surface area contributed by atoms with Crippen molar-refractivity contribution in [3.63, 3.8) is 0 Å². The van der Waals surface area contributed by atoms with Crippen LogP contribution in [0.3, 0.4) is 0 Å². The monoisotopic (exact) mass is 416 g/mol. The predicted molar refractivity (Wildman–Crippen MR) is 115 cm³/mol. The van der Waals surface area contributed by atoms with Gasteiger partial charge in [-0.1, -0.05) is 56.2 Å².